The van der Waals surface area contributed by atoms with E-state index < -0.39 is 0 Å². The second-order valence-electron chi connectivity index (χ2n) is 6.20. The van der Waals surface area contributed by atoms with Gasteiger partial charge in [0, 0.05) is 38.2 Å². The number of aryl methyl sites for hydroxylation is 1. The van der Waals surface area contributed by atoms with E-state index in [9.17, 15) is 4.79 Å². The van der Waals surface area contributed by atoms with Crippen LogP contribution in [0.15, 0.2) is 42.5 Å². The number of halogens is 2. The molecule has 4 rings (SSSR count). The first kappa shape index (κ1) is 15.6. The fraction of sp³-hybridized carbons (Fsp3) is 0.211. The maximum absolute atomic E-state index is 12.4. The van der Waals surface area contributed by atoms with E-state index >= 15 is 0 Å². The molecule has 1 unspecified atom stereocenters. The molecule has 24 heavy (non-hydrogen) atoms. The lowest BCUT2D eigenvalue weighted by Crippen LogP contribution is -2.38. The third kappa shape index (κ3) is 2.90. The highest BCUT2D eigenvalue weighted by Gasteiger charge is 2.24. The Kier molecular flexibility index (Phi) is 3.99. The van der Waals surface area contributed by atoms with Gasteiger partial charge in [0.2, 0.25) is 0 Å². The quantitative estimate of drug-likeness (QED) is 0.681. The van der Waals surface area contributed by atoms with E-state index in [1.807, 2.05) is 18.2 Å². The maximum atomic E-state index is 12.4. The summed E-state index contributed by atoms with van der Waals surface area (Å²) in [6, 6.07) is 13.0. The number of aromatic amines is 1. The highest BCUT2D eigenvalue weighted by atomic mass is 35.5. The zero-order valence-electron chi connectivity index (χ0n) is 12.9. The Morgan fingerprint density at radius 2 is 1.96 bits per heavy atom. The number of carbonyl (C=O) groups excluding carboxylic acids is 1. The van der Waals surface area contributed by atoms with Gasteiger partial charge in [-0.1, -0.05) is 29.3 Å². The number of aromatic nitrogens is 1. The average molecular weight is 359 g/mol. The molecule has 1 aromatic heterocycles. The van der Waals surface area contributed by atoms with Crippen molar-refractivity contribution in [3.63, 3.8) is 0 Å². The predicted molar refractivity (Wildman–Crippen MR) is 98.0 cm³/mol. The van der Waals surface area contributed by atoms with Crippen molar-refractivity contribution < 1.29 is 4.79 Å². The fourth-order valence-corrected chi connectivity index (χ4v) is 3.77. The number of hydrogen-bond donors (Lipinski definition) is 2. The van der Waals surface area contributed by atoms with Crippen molar-refractivity contribution in [2.45, 2.75) is 25.3 Å². The largest absolute Gasteiger partial charge is 0.358 e. The van der Waals surface area contributed by atoms with Crippen LogP contribution < -0.4 is 5.32 Å². The second-order valence-corrected chi connectivity index (χ2v) is 7.07. The van der Waals surface area contributed by atoms with E-state index in [1.54, 1.807) is 24.3 Å². The van der Waals surface area contributed by atoms with Crippen LogP contribution in [0.25, 0.3) is 10.9 Å². The summed E-state index contributed by atoms with van der Waals surface area (Å²) in [5.41, 5.74) is 4.21. The monoisotopic (exact) mass is 358 g/mol. The minimum absolute atomic E-state index is 0.0798. The van der Waals surface area contributed by atoms with Crippen LogP contribution in [0.4, 0.5) is 0 Å². The van der Waals surface area contributed by atoms with Gasteiger partial charge in [0.1, 0.15) is 0 Å². The van der Waals surface area contributed by atoms with Crippen LogP contribution in [0.2, 0.25) is 10.0 Å². The Labute approximate surface area is 150 Å². The standard InChI is InChI=1S/C19H16Cl2N2O/c20-12-3-1-2-11(8-12)19(24)22-14-5-7-18-16(10-14)15-9-13(21)4-6-17(15)23-18/h1-4,6,8-9,14,23H,5,7,10H2,(H,22,24). The summed E-state index contributed by atoms with van der Waals surface area (Å²) in [5, 5.41) is 5.58. The summed E-state index contributed by atoms with van der Waals surface area (Å²) in [6.07, 6.45) is 2.64. The topological polar surface area (TPSA) is 44.9 Å². The molecular formula is C19H16Cl2N2O. The Morgan fingerprint density at radius 3 is 2.79 bits per heavy atom. The van der Waals surface area contributed by atoms with Gasteiger partial charge in [-0.15, -0.1) is 0 Å². The van der Waals surface area contributed by atoms with Gasteiger partial charge in [-0.2, -0.15) is 0 Å². The van der Waals surface area contributed by atoms with Crippen molar-refractivity contribution in [3.05, 3.63) is 69.3 Å². The van der Waals surface area contributed by atoms with Crippen LogP contribution in [-0.4, -0.2) is 16.9 Å². The first-order valence-electron chi connectivity index (χ1n) is 7.95. The summed E-state index contributed by atoms with van der Waals surface area (Å²) >= 11 is 12.1. The molecule has 1 atom stereocenters. The van der Waals surface area contributed by atoms with Crippen LogP contribution in [0, 0.1) is 0 Å². The maximum Gasteiger partial charge on any atom is 0.251 e. The van der Waals surface area contributed by atoms with E-state index in [2.05, 4.69) is 10.3 Å². The van der Waals surface area contributed by atoms with Crippen molar-refractivity contribution in [1.82, 2.24) is 10.3 Å². The molecule has 2 N–H and O–H groups in total. The number of hydrogen-bond acceptors (Lipinski definition) is 1. The van der Waals surface area contributed by atoms with Gasteiger partial charge in [0.25, 0.3) is 5.91 Å². The van der Waals surface area contributed by atoms with Gasteiger partial charge < -0.3 is 10.3 Å². The van der Waals surface area contributed by atoms with Gasteiger partial charge in [0.15, 0.2) is 0 Å². The Balaban J connectivity index is 1.57. The molecule has 0 saturated heterocycles. The minimum atomic E-state index is -0.0798. The molecule has 1 aliphatic rings. The molecule has 2 aromatic carbocycles. The lowest BCUT2D eigenvalue weighted by Gasteiger charge is -2.23. The van der Waals surface area contributed by atoms with Crippen molar-refractivity contribution in [2.75, 3.05) is 0 Å². The molecule has 122 valence electrons. The molecule has 3 nitrogen and oxygen atoms in total. The first-order chi connectivity index (χ1) is 11.6. The van der Waals surface area contributed by atoms with Gasteiger partial charge >= 0.3 is 0 Å². The lowest BCUT2D eigenvalue weighted by atomic mass is 9.91. The zero-order valence-corrected chi connectivity index (χ0v) is 14.4. The van der Waals surface area contributed by atoms with E-state index in [0.29, 0.717) is 10.6 Å². The number of rotatable bonds is 2. The van der Waals surface area contributed by atoms with Gasteiger partial charge in [0.05, 0.1) is 0 Å². The molecule has 1 heterocycles. The summed E-state index contributed by atoms with van der Waals surface area (Å²) in [7, 11) is 0. The van der Waals surface area contributed by atoms with Gasteiger partial charge in [-0.3, -0.25) is 4.79 Å². The molecule has 0 aliphatic heterocycles. The summed E-state index contributed by atoms with van der Waals surface area (Å²) < 4.78 is 0. The van der Waals surface area contributed by atoms with E-state index in [1.165, 1.54) is 11.3 Å². The fourth-order valence-electron chi connectivity index (χ4n) is 3.41. The number of amides is 1. The van der Waals surface area contributed by atoms with Crippen molar-refractivity contribution in [2.24, 2.45) is 0 Å². The molecule has 5 heteroatoms. The predicted octanol–water partition coefficient (Wildman–Crippen LogP) is 4.76. The summed E-state index contributed by atoms with van der Waals surface area (Å²) in [4.78, 5) is 15.9. The summed E-state index contributed by atoms with van der Waals surface area (Å²) in [6.45, 7) is 0. The first-order valence-corrected chi connectivity index (χ1v) is 8.71. The van der Waals surface area contributed by atoms with Crippen molar-refractivity contribution in [1.29, 1.82) is 0 Å². The smallest absolute Gasteiger partial charge is 0.251 e. The number of benzene rings is 2. The molecule has 0 fully saturated rings. The van der Waals surface area contributed by atoms with Gasteiger partial charge in [-0.25, -0.2) is 0 Å². The third-order valence-electron chi connectivity index (χ3n) is 4.57. The highest BCUT2D eigenvalue weighted by Crippen LogP contribution is 2.31. The van der Waals surface area contributed by atoms with Crippen LogP contribution in [0.5, 0.6) is 0 Å². The van der Waals surface area contributed by atoms with E-state index in [4.69, 9.17) is 23.2 Å². The molecule has 0 radical (unpaired) electrons. The number of H-pyrrole nitrogens is 1. The molecular weight excluding hydrogens is 343 g/mol. The van der Waals surface area contributed by atoms with Crippen molar-refractivity contribution >= 4 is 40.0 Å². The molecule has 0 spiro atoms. The number of nitrogens with one attached hydrogen (secondary N) is 2. The minimum Gasteiger partial charge on any atom is -0.358 e. The van der Waals surface area contributed by atoms with Crippen LogP contribution in [0.1, 0.15) is 28.0 Å². The normalized spacial score (nSPS) is 16.8. The number of carbonyl (C=O) groups is 1. The zero-order chi connectivity index (χ0) is 16.7. The molecule has 1 amide bonds. The highest BCUT2D eigenvalue weighted by molar-refractivity contribution is 6.31. The van der Waals surface area contributed by atoms with Crippen LogP contribution in [0.3, 0.4) is 0 Å². The second kappa shape index (κ2) is 6.15. The molecule has 3 aromatic rings. The van der Waals surface area contributed by atoms with Crippen LogP contribution in [-0.2, 0) is 12.8 Å². The average Bonchev–Trinajstić information content (AvgIpc) is 2.92. The summed E-state index contributed by atoms with van der Waals surface area (Å²) in [5.74, 6) is -0.0798. The Morgan fingerprint density at radius 1 is 1.12 bits per heavy atom. The van der Waals surface area contributed by atoms with E-state index in [0.717, 1.165) is 35.2 Å². The van der Waals surface area contributed by atoms with Crippen molar-refractivity contribution in [3.8, 4) is 0 Å². The Hall–Kier alpha value is -1.97. The lowest BCUT2D eigenvalue weighted by molar-refractivity contribution is 0.0933. The molecule has 0 bridgehead atoms. The molecule has 0 saturated carbocycles. The SMILES string of the molecule is O=C(NC1CCc2[nH]c3ccc(Cl)cc3c2C1)c1cccc(Cl)c1. The molecule has 1 aliphatic carbocycles. The van der Waals surface area contributed by atoms with Gasteiger partial charge in [-0.05, 0) is 61.2 Å². The Bertz CT molecular complexity index is 932. The third-order valence-corrected chi connectivity index (χ3v) is 5.04. The van der Waals surface area contributed by atoms with E-state index in [-0.39, 0.29) is 11.9 Å². The number of fused-ring (bicyclic) bond motifs is 3. The van der Waals surface area contributed by atoms with Crippen LogP contribution >= 0.6 is 23.2 Å².